The van der Waals surface area contributed by atoms with Crippen molar-refractivity contribution in [2.24, 2.45) is 0 Å². The van der Waals surface area contributed by atoms with Crippen LogP contribution < -0.4 is 9.64 Å². The highest BCUT2D eigenvalue weighted by Gasteiger charge is 2.45. The Labute approximate surface area is 288 Å². The molecule has 8 nitrogen and oxygen atoms in total. The average Bonchev–Trinajstić information content (AvgIpc) is 3.54. The number of rotatable bonds is 8. The van der Waals surface area contributed by atoms with E-state index in [9.17, 15) is 41.0 Å². The molecule has 6 rings (SSSR count). The lowest BCUT2D eigenvalue weighted by Gasteiger charge is -2.33. The first-order chi connectivity index (χ1) is 23.5. The Morgan fingerprint density at radius 2 is 1.76 bits per heavy atom. The van der Waals surface area contributed by atoms with E-state index in [1.165, 1.54) is 30.7 Å². The molecule has 3 aliphatic heterocycles. The Morgan fingerprint density at radius 3 is 2.34 bits per heavy atom. The number of ether oxygens (including phenoxy) is 2. The molecule has 0 bridgehead atoms. The maximum atomic E-state index is 13.9. The standard InChI is InChI=1S/C35H35F6N3O5S/c1-17-23(13-21(34(36,37)38)14-26(17)35(39,40)41)31-18(2)44(33(47)49-31)16-27-22(7-9-30(42-27)43-10-5-11-43)25-12-20(6-8-28(25)48-4)24-15-29(32(45)46)50-19(24)3/h6-9,12-14,18-19,24,29,31H,5,10-11,15-16H2,1-4H3,(H,45,46)/t18-,19?,24?,29?,31-/m0/s1. The van der Waals surface area contributed by atoms with Crippen molar-refractivity contribution < 1.29 is 50.5 Å². The number of hydrogen-bond donors (Lipinski definition) is 1. The highest BCUT2D eigenvalue weighted by Crippen LogP contribution is 2.47. The second-order valence-corrected chi connectivity index (χ2v) is 14.5. The molecule has 3 fully saturated rings. The van der Waals surface area contributed by atoms with Crippen LogP contribution in [0, 0.1) is 6.92 Å². The SMILES string of the molecule is COc1ccc(C2CC(C(=O)O)SC2C)cc1-c1ccc(N2CCC2)nc1CN1C(=O)O[C@H](c2cc(C(F)(F)F)cc(C(F)(F)F)c2C)[C@@H]1C. The van der Waals surface area contributed by atoms with Crippen molar-refractivity contribution in [3.05, 3.63) is 76.0 Å². The molecule has 3 aromatic rings. The summed E-state index contributed by atoms with van der Waals surface area (Å²) >= 11 is 1.40. The molecule has 3 aliphatic rings. The van der Waals surface area contributed by atoms with Crippen molar-refractivity contribution >= 4 is 29.6 Å². The molecule has 0 spiro atoms. The minimum absolute atomic E-state index is 0.0260. The second kappa shape index (κ2) is 13.2. The smallest absolute Gasteiger partial charge is 0.416 e. The molecule has 1 N–H and O–H groups in total. The van der Waals surface area contributed by atoms with E-state index >= 15 is 0 Å². The van der Waals surface area contributed by atoms with Gasteiger partial charge in [0.25, 0.3) is 0 Å². The molecule has 3 unspecified atom stereocenters. The van der Waals surface area contributed by atoms with Gasteiger partial charge in [0.05, 0.1) is 36.5 Å². The lowest BCUT2D eigenvalue weighted by atomic mass is 9.89. The van der Waals surface area contributed by atoms with Crippen LogP contribution in [-0.4, -0.2) is 63.8 Å². The first-order valence-corrected chi connectivity index (χ1v) is 17.0. The molecule has 0 radical (unpaired) electrons. The van der Waals surface area contributed by atoms with Crippen LogP contribution in [0.15, 0.2) is 42.5 Å². The van der Waals surface area contributed by atoms with Crippen LogP contribution in [0.2, 0.25) is 0 Å². The van der Waals surface area contributed by atoms with E-state index in [1.807, 2.05) is 36.1 Å². The third-order valence-electron chi connectivity index (χ3n) is 9.87. The molecule has 0 saturated carbocycles. The van der Waals surface area contributed by atoms with Crippen molar-refractivity contribution in [3.63, 3.8) is 0 Å². The number of carbonyl (C=O) groups excluding carboxylic acids is 1. The maximum Gasteiger partial charge on any atom is 0.416 e. The quantitative estimate of drug-likeness (QED) is 0.232. The Balaban J connectivity index is 1.39. The van der Waals surface area contributed by atoms with E-state index < -0.39 is 58.5 Å². The predicted molar refractivity (Wildman–Crippen MR) is 174 cm³/mol. The molecule has 268 valence electrons. The van der Waals surface area contributed by atoms with Gasteiger partial charge in [0.15, 0.2) is 0 Å². The summed E-state index contributed by atoms with van der Waals surface area (Å²) in [5.74, 6) is 0.214. The fourth-order valence-corrected chi connectivity index (χ4v) is 8.34. The summed E-state index contributed by atoms with van der Waals surface area (Å²) < 4.78 is 94.2. The van der Waals surface area contributed by atoms with Gasteiger partial charge in [0, 0.05) is 29.5 Å². The number of amides is 1. The van der Waals surface area contributed by atoms with Crippen LogP contribution in [0.25, 0.3) is 11.1 Å². The number of alkyl halides is 6. The number of hydrogen-bond acceptors (Lipinski definition) is 7. The van der Waals surface area contributed by atoms with E-state index in [1.54, 1.807) is 6.07 Å². The van der Waals surface area contributed by atoms with Gasteiger partial charge in [0.2, 0.25) is 0 Å². The first-order valence-electron chi connectivity index (χ1n) is 16.1. The van der Waals surface area contributed by atoms with Gasteiger partial charge in [-0.25, -0.2) is 9.78 Å². The fraction of sp³-hybridized carbons (Fsp3) is 0.457. The molecular weight excluding hydrogens is 688 g/mol. The number of methoxy groups -OCH3 is 1. The van der Waals surface area contributed by atoms with Crippen molar-refractivity contribution in [2.45, 2.75) is 81.1 Å². The molecule has 15 heteroatoms. The number of halogens is 6. The zero-order chi connectivity index (χ0) is 36.3. The number of pyridine rings is 1. The van der Waals surface area contributed by atoms with Crippen LogP contribution in [0.4, 0.5) is 37.0 Å². The van der Waals surface area contributed by atoms with Gasteiger partial charge in [-0.05, 0) is 85.7 Å². The van der Waals surface area contributed by atoms with Gasteiger partial charge >= 0.3 is 24.4 Å². The topological polar surface area (TPSA) is 92.2 Å². The Bertz CT molecular complexity index is 1810. The summed E-state index contributed by atoms with van der Waals surface area (Å²) in [5.41, 5.74) is -1.22. The van der Waals surface area contributed by atoms with Gasteiger partial charge in [-0.1, -0.05) is 13.0 Å². The van der Waals surface area contributed by atoms with Crippen LogP contribution in [0.3, 0.4) is 0 Å². The normalized spacial score (nSPS) is 24.0. The number of nitrogens with zero attached hydrogens (tertiary/aromatic N) is 3. The third-order valence-corrected chi connectivity index (χ3v) is 11.4. The summed E-state index contributed by atoms with van der Waals surface area (Å²) in [7, 11) is 1.51. The molecule has 50 heavy (non-hydrogen) atoms. The zero-order valence-corrected chi connectivity index (χ0v) is 28.4. The monoisotopic (exact) mass is 723 g/mol. The molecule has 5 atom stereocenters. The number of carbonyl (C=O) groups is 2. The van der Waals surface area contributed by atoms with E-state index in [4.69, 9.17) is 14.5 Å². The summed E-state index contributed by atoms with van der Waals surface area (Å²) in [6.07, 6.45) is -11.1. The summed E-state index contributed by atoms with van der Waals surface area (Å²) in [6.45, 7) is 5.94. The van der Waals surface area contributed by atoms with Crippen LogP contribution >= 0.6 is 11.8 Å². The minimum atomic E-state index is -5.07. The third kappa shape index (κ3) is 6.68. The molecule has 3 saturated heterocycles. The van der Waals surface area contributed by atoms with Crippen molar-refractivity contribution in [1.82, 2.24) is 9.88 Å². The second-order valence-electron chi connectivity index (χ2n) is 12.9. The van der Waals surface area contributed by atoms with E-state index in [-0.39, 0.29) is 29.3 Å². The van der Waals surface area contributed by atoms with E-state index in [0.717, 1.165) is 32.0 Å². The summed E-state index contributed by atoms with van der Waals surface area (Å²) in [4.78, 5) is 33.4. The number of aromatic nitrogens is 1. The largest absolute Gasteiger partial charge is 0.496 e. The van der Waals surface area contributed by atoms with E-state index in [2.05, 4.69) is 0 Å². The first kappa shape index (κ1) is 35.7. The average molecular weight is 724 g/mol. The minimum Gasteiger partial charge on any atom is -0.496 e. The number of benzene rings is 2. The van der Waals surface area contributed by atoms with Crippen LogP contribution in [-0.2, 0) is 28.4 Å². The lowest BCUT2D eigenvalue weighted by molar-refractivity contribution is -0.143. The highest BCUT2D eigenvalue weighted by molar-refractivity contribution is 8.01. The maximum absolute atomic E-state index is 13.9. The lowest BCUT2D eigenvalue weighted by Crippen LogP contribution is -2.38. The molecule has 0 aliphatic carbocycles. The van der Waals surface area contributed by atoms with Gasteiger partial charge in [-0.3, -0.25) is 9.69 Å². The number of carboxylic acid groups (broad SMARTS) is 1. The number of cyclic esters (lactones) is 1. The molecule has 1 amide bonds. The Hall–Kier alpha value is -4.14. The molecule has 1 aromatic heterocycles. The molecular formula is C35H35F6N3O5S. The van der Waals surface area contributed by atoms with Crippen molar-refractivity contribution in [2.75, 3.05) is 25.1 Å². The van der Waals surface area contributed by atoms with Gasteiger partial charge in [-0.15, -0.1) is 11.8 Å². The number of anilines is 1. The van der Waals surface area contributed by atoms with E-state index in [0.29, 0.717) is 40.9 Å². The summed E-state index contributed by atoms with van der Waals surface area (Å²) in [5, 5.41) is 9.11. The highest BCUT2D eigenvalue weighted by atomic mass is 32.2. The van der Waals surface area contributed by atoms with Gasteiger partial charge in [0.1, 0.15) is 22.9 Å². The van der Waals surface area contributed by atoms with Crippen LogP contribution in [0.1, 0.15) is 72.2 Å². The number of carboxylic acids is 1. The molecule has 2 aromatic carbocycles. The summed E-state index contributed by atoms with van der Waals surface area (Å²) in [6, 6.07) is 9.03. The number of thioether (sulfide) groups is 1. The van der Waals surface area contributed by atoms with Crippen molar-refractivity contribution in [3.8, 4) is 16.9 Å². The van der Waals surface area contributed by atoms with Crippen LogP contribution in [0.5, 0.6) is 5.75 Å². The van der Waals surface area contributed by atoms with Crippen molar-refractivity contribution in [1.29, 1.82) is 0 Å². The number of aliphatic carboxylic acids is 1. The zero-order valence-electron chi connectivity index (χ0n) is 27.6. The van der Waals surface area contributed by atoms with Gasteiger partial charge < -0.3 is 19.5 Å². The van der Waals surface area contributed by atoms with Gasteiger partial charge in [-0.2, -0.15) is 26.3 Å². The Morgan fingerprint density at radius 1 is 1.04 bits per heavy atom. The fourth-order valence-electron chi connectivity index (χ4n) is 6.93. The molecule has 4 heterocycles. The Kier molecular flexibility index (Phi) is 9.42. The predicted octanol–water partition coefficient (Wildman–Crippen LogP) is 8.46.